The van der Waals surface area contributed by atoms with Gasteiger partial charge in [-0.1, -0.05) is 47.4 Å². The summed E-state index contributed by atoms with van der Waals surface area (Å²) in [5.41, 5.74) is 3.08. The summed E-state index contributed by atoms with van der Waals surface area (Å²) in [5, 5.41) is 15.0. The third kappa shape index (κ3) is 4.08. The lowest BCUT2D eigenvalue weighted by Crippen LogP contribution is -2.47. The summed E-state index contributed by atoms with van der Waals surface area (Å²) in [5.74, 6) is -4.33. The first kappa shape index (κ1) is 25.8. The zero-order valence-electron chi connectivity index (χ0n) is 20.9. The van der Waals surface area contributed by atoms with Gasteiger partial charge in [-0.05, 0) is 60.2 Å². The molecule has 10 heteroatoms. The van der Waals surface area contributed by atoms with Crippen LogP contribution >= 0.6 is 23.2 Å². The number of aliphatic carboxylic acids is 1. The minimum Gasteiger partial charge on any atom is -0.478 e. The van der Waals surface area contributed by atoms with E-state index in [1.54, 1.807) is 38.2 Å². The Morgan fingerprint density at radius 1 is 1.18 bits per heavy atom. The topological polar surface area (TPSA) is 85.3 Å². The van der Waals surface area contributed by atoms with Crippen molar-refractivity contribution in [1.82, 2.24) is 9.72 Å². The van der Waals surface area contributed by atoms with Crippen molar-refractivity contribution >= 4 is 51.6 Å². The van der Waals surface area contributed by atoms with Gasteiger partial charge in [-0.2, -0.15) is 0 Å². The molecule has 200 valence electrons. The molecule has 0 radical (unpaired) electrons. The van der Waals surface area contributed by atoms with E-state index in [0.29, 0.717) is 40.1 Å². The molecule has 0 bridgehead atoms. The van der Waals surface area contributed by atoms with Gasteiger partial charge in [0.15, 0.2) is 5.76 Å². The standard InChI is InChI=1S/C29H22Cl2F2N2O4/c1-14-8-17(30)10-19(31)22(14)25-24(26(39-34-25)28(2)12-29(32,33)13-28)27(38)35-11-16-7-6-15(9-21(36)37)18-4-3-5-20(35)23(16)18/h3-5,8-11H,6-7,12-13H2,1-2H3,(H,36,37)/b15-9+. The van der Waals surface area contributed by atoms with E-state index >= 15 is 0 Å². The monoisotopic (exact) mass is 570 g/mol. The Kier molecular flexibility index (Phi) is 5.79. The molecule has 1 N–H and O–H groups in total. The van der Waals surface area contributed by atoms with Crippen LogP contribution in [-0.2, 0) is 16.6 Å². The van der Waals surface area contributed by atoms with Crippen LogP contribution in [0.3, 0.4) is 0 Å². The Morgan fingerprint density at radius 2 is 1.92 bits per heavy atom. The summed E-state index contributed by atoms with van der Waals surface area (Å²) in [6, 6.07) is 8.58. The Bertz CT molecular complexity index is 1720. The number of hydrogen-bond acceptors (Lipinski definition) is 4. The number of rotatable bonds is 4. The number of carbonyl (C=O) groups is 2. The van der Waals surface area contributed by atoms with Crippen LogP contribution in [0.15, 0.2) is 47.1 Å². The van der Waals surface area contributed by atoms with Crippen LogP contribution in [0.25, 0.3) is 27.7 Å². The van der Waals surface area contributed by atoms with E-state index in [0.717, 1.165) is 16.5 Å². The average Bonchev–Trinajstić information content (AvgIpc) is 3.42. The highest BCUT2D eigenvalue weighted by Gasteiger charge is 2.58. The SMILES string of the molecule is Cc1cc(Cl)cc(Cl)c1-c1noc(C2(C)CC(F)(F)C2)c1C(=O)n1cc2c3c(cccc31)/C(=C/C(=O)O)CC2. The van der Waals surface area contributed by atoms with Crippen LogP contribution < -0.4 is 0 Å². The molecule has 0 atom stereocenters. The predicted molar refractivity (Wildman–Crippen MR) is 144 cm³/mol. The van der Waals surface area contributed by atoms with Gasteiger partial charge in [0.05, 0.1) is 10.5 Å². The van der Waals surface area contributed by atoms with Crippen molar-refractivity contribution in [2.45, 2.75) is 50.9 Å². The number of allylic oxidation sites excluding steroid dienone is 1. The number of alkyl halides is 2. The first-order valence-corrected chi connectivity index (χ1v) is 13.1. The van der Waals surface area contributed by atoms with Crippen molar-refractivity contribution in [1.29, 1.82) is 0 Å². The second kappa shape index (κ2) is 8.76. The summed E-state index contributed by atoms with van der Waals surface area (Å²) < 4.78 is 35.3. The molecule has 6 rings (SSSR count). The Balaban J connectivity index is 1.58. The van der Waals surface area contributed by atoms with Crippen molar-refractivity contribution < 1.29 is 28.0 Å². The highest BCUT2D eigenvalue weighted by molar-refractivity contribution is 6.36. The summed E-state index contributed by atoms with van der Waals surface area (Å²) in [6.07, 6.45) is 3.01. The van der Waals surface area contributed by atoms with E-state index < -0.39 is 36.1 Å². The molecule has 1 fully saturated rings. The zero-order chi connectivity index (χ0) is 27.9. The number of aryl methyl sites for hydroxylation is 2. The maximum absolute atomic E-state index is 14.4. The minimum absolute atomic E-state index is 0.0646. The van der Waals surface area contributed by atoms with E-state index in [9.17, 15) is 23.5 Å². The Labute approximate surface area is 231 Å². The number of carbonyl (C=O) groups excluding carboxylic acids is 1. The summed E-state index contributed by atoms with van der Waals surface area (Å²) in [4.78, 5) is 25.8. The van der Waals surface area contributed by atoms with Gasteiger partial charge in [-0.15, -0.1) is 0 Å². The third-order valence-electron chi connectivity index (χ3n) is 7.67. The van der Waals surface area contributed by atoms with E-state index in [-0.39, 0.29) is 22.0 Å². The van der Waals surface area contributed by atoms with Gasteiger partial charge in [0.1, 0.15) is 11.3 Å². The molecule has 6 nitrogen and oxygen atoms in total. The molecule has 0 unspecified atom stereocenters. The van der Waals surface area contributed by atoms with Gasteiger partial charge in [-0.25, -0.2) is 13.6 Å². The van der Waals surface area contributed by atoms with Crippen LogP contribution in [0.1, 0.15) is 59.0 Å². The minimum atomic E-state index is -2.87. The summed E-state index contributed by atoms with van der Waals surface area (Å²) in [6.45, 7) is 3.40. The molecule has 2 heterocycles. The average molecular weight is 571 g/mol. The second-order valence-corrected chi connectivity index (χ2v) is 11.5. The molecular weight excluding hydrogens is 549 g/mol. The number of halogens is 4. The zero-order valence-corrected chi connectivity index (χ0v) is 22.5. The fourth-order valence-corrected chi connectivity index (χ4v) is 6.83. The summed E-state index contributed by atoms with van der Waals surface area (Å²) in [7, 11) is 0. The lowest BCUT2D eigenvalue weighted by Gasteiger charge is -2.43. The number of hydrogen-bond donors (Lipinski definition) is 1. The lowest BCUT2D eigenvalue weighted by molar-refractivity contribution is -0.131. The van der Waals surface area contributed by atoms with Crippen molar-refractivity contribution in [3.8, 4) is 11.3 Å². The van der Waals surface area contributed by atoms with Crippen molar-refractivity contribution in [3.63, 3.8) is 0 Å². The largest absolute Gasteiger partial charge is 0.478 e. The van der Waals surface area contributed by atoms with Crippen LogP contribution in [-0.4, -0.2) is 32.6 Å². The van der Waals surface area contributed by atoms with E-state index in [1.807, 2.05) is 6.07 Å². The fourth-order valence-electron chi connectivity index (χ4n) is 6.14. The quantitative estimate of drug-likeness (QED) is 0.254. The molecule has 2 aliphatic carbocycles. The summed E-state index contributed by atoms with van der Waals surface area (Å²) >= 11 is 12.7. The number of aromatic nitrogens is 2. The second-order valence-electron chi connectivity index (χ2n) is 10.6. The van der Waals surface area contributed by atoms with Gasteiger partial charge in [0.25, 0.3) is 5.91 Å². The predicted octanol–water partition coefficient (Wildman–Crippen LogP) is 7.70. The maximum Gasteiger partial charge on any atom is 0.328 e. The molecule has 2 aromatic heterocycles. The van der Waals surface area contributed by atoms with Crippen molar-refractivity contribution in [2.24, 2.45) is 0 Å². The molecule has 0 amide bonds. The van der Waals surface area contributed by atoms with Gasteiger partial charge in [-0.3, -0.25) is 9.36 Å². The molecule has 2 aromatic carbocycles. The number of benzene rings is 2. The van der Waals surface area contributed by atoms with Crippen molar-refractivity contribution in [2.75, 3.05) is 0 Å². The Morgan fingerprint density at radius 3 is 2.59 bits per heavy atom. The van der Waals surface area contributed by atoms with Crippen LogP contribution in [0.4, 0.5) is 8.78 Å². The van der Waals surface area contributed by atoms with E-state index in [2.05, 4.69) is 5.16 Å². The van der Waals surface area contributed by atoms with Crippen LogP contribution in [0.5, 0.6) is 0 Å². The van der Waals surface area contributed by atoms with E-state index in [4.69, 9.17) is 27.7 Å². The van der Waals surface area contributed by atoms with Gasteiger partial charge >= 0.3 is 5.97 Å². The highest BCUT2D eigenvalue weighted by Crippen LogP contribution is 2.55. The molecule has 0 aliphatic heterocycles. The fraction of sp³-hybridized carbons (Fsp3) is 0.276. The van der Waals surface area contributed by atoms with Gasteiger partial charge in [0, 0.05) is 46.5 Å². The van der Waals surface area contributed by atoms with Crippen LogP contribution in [0.2, 0.25) is 10.0 Å². The lowest BCUT2D eigenvalue weighted by atomic mass is 9.65. The third-order valence-corrected chi connectivity index (χ3v) is 8.19. The first-order valence-electron chi connectivity index (χ1n) is 12.3. The number of carboxylic acids is 1. The molecule has 0 saturated heterocycles. The van der Waals surface area contributed by atoms with Gasteiger partial charge < -0.3 is 9.63 Å². The number of carboxylic acid groups (broad SMARTS) is 1. The van der Waals surface area contributed by atoms with Crippen LogP contribution in [0, 0.1) is 6.92 Å². The maximum atomic E-state index is 14.4. The molecule has 2 aliphatic rings. The molecule has 1 saturated carbocycles. The molecular formula is C29H22Cl2F2N2O4. The smallest absolute Gasteiger partial charge is 0.328 e. The normalized spacial score (nSPS) is 18.4. The molecule has 39 heavy (non-hydrogen) atoms. The molecule has 4 aromatic rings. The van der Waals surface area contributed by atoms with Gasteiger partial charge in [0.2, 0.25) is 5.92 Å². The molecule has 0 spiro atoms. The van der Waals surface area contributed by atoms with E-state index in [1.165, 1.54) is 16.7 Å². The Hall–Kier alpha value is -3.49. The van der Waals surface area contributed by atoms with Crippen molar-refractivity contribution in [3.05, 3.63) is 80.7 Å². The highest BCUT2D eigenvalue weighted by atomic mass is 35.5. The first-order chi connectivity index (χ1) is 18.4. The number of nitrogens with zero attached hydrogens (tertiary/aromatic N) is 2.